The second kappa shape index (κ2) is 24.2. The lowest BCUT2D eigenvalue weighted by Gasteiger charge is -2.33. The van der Waals surface area contributed by atoms with E-state index >= 15 is 0 Å². The average Bonchev–Trinajstić information content (AvgIpc) is 3.87. The van der Waals surface area contributed by atoms with Crippen molar-refractivity contribution in [2.45, 2.75) is 81.4 Å². The van der Waals surface area contributed by atoms with Crippen LogP contribution < -0.4 is 21.6 Å². The molecule has 380 valence electrons. The number of aliphatic hydroxyl groups excluding tert-OH is 1. The third-order valence-corrected chi connectivity index (χ3v) is 15.3. The number of aliphatic hydroxyl groups is 1. The molecule has 4 N–H and O–H groups in total. The molecule has 3 aromatic heterocycles. The molecule has 2 saturated heterocycles. The van der Waals surface area contributed by atoms with E-state index in [0.29, 0.717) is 109 Å². The number of amides is 2. The summed E-state index contributed by atoms with van der Waals surface area (Å²) < 4.78 is 57.1. The van der Waals surface area contributed by atoms with Crippen molar-refractivity contribution in [2.24, 2.45) is 7.05 Å². The maximum Gasteiger partial charge on any atom is 0.329 e. The van der Waals surface area contributed by atoms with Crippen molar-refractivity contribution in [2.75, 3.05) is 109 Å². The molecular weight excluding hydrogens is 921 g/mol. The topological polar surface area (TPSA) is 226 Å². The largest absolute Gasteiger partial charge is 0.393 e. The smallest absolute Gasteiger partial charge is 0.329 e. The van der Waals surface area contributed by atoms with Gasteiger partial charge in [-0.05, 0) is 68.4 Å². The molecule has 1 atom stereocenters. The van der Waals surface area contributed by atoms with E-state index in [1.807, 2.05) is 30.5 Å². The minimum Gasteiger partial charge on any atom is -0.393 e. The molecule has 1 aliphatic carbocycles. The number of ether oxygens (including phenoxy) is 4. The van der Waals surface area contributed by atoms with E-state index in [0.717, 1.165) is 72.9 Å². The number of aryl methyl sites for hydroxylation is 1. The van der Waals surface area contributed by atoms with Gasteiger partial charge in [0, 0.05) is 88.7 Å². The molecule has 2 aromatic carbocycles. The number of piperidine rings is 1. The van der Waals surface area contributed by atoms with E-state index in [1.54, 1.807) is 29.6 Å². The summed E-state index contributed by atoms with van der Waals surface area (Å²) in [6, 6.07) is 12.1. The SMILES string of the molecule is CCCCNc1ncc2c(-c3ccc(S(=O)(=O)N4CCN(CCOCCOCCOCCOCCNc5cccc6c5n(C)c(=O)n6C5CCC(=O)NC5=O)CC4)cc3)cn([C@H]3CC[C@H](O)CC3)c2n1. The van der Waals surface area contributed by atoms with E-state index in [1.165, 1.54) is 9.13 Å². The molecule has 0 spiro atoms. The van der Waals surface area contributed by atoms with Crippen LogP contribution in [0.1, 0.15) is 70.4 Å². The van der Waals surface area contributed by atoms with Gasteiger partial charge in [0.15, 0.2) is 0 Å². The van der Waals surface area contributed by atoms with Crippen molar-refractivity contribution in [3.8, 4) is 11.1 Å². The number of sulfonamides is 1. The fourth-order valence-corrected chi connectivity index (χ4v) is 10.9. The second-order valence-electron chi connectivity index (χ2n) is 18.1. The summed E-state index contributed by atoms with van der Waals surface area (Å²) in [7, 11) is -2.01. The second-order valence-corrected chi connectivity index (χ2v) is 20.1. The van der Waals surface area contributed by atoms with Crippen LogP contribution in [-0.2, 0) is 45.6 Å². The highest BCUT2D eigenvalue weighted by Gasteiger charge is 2.32. The third kappa shape index (κ3) is 12.2. The van der Waals surface area contributed by atoms with Crippen molar-refractivity contribution in [1.29, 1.82) is 0 Å². The van der Waals surface area contributed by atoms with Gasteiger partial charge in [0.25, 0.3) is 0 Å². The van der Waals surface area contributed by atoms with Gasteiger partial charge >= 0.3 is 5.69 Å². The number of anilines is 2. The molecular formula is C49H68N10O10S. The van der Waals surface area contributed by atoms with Crippen LogP contribution in [-0.4, -0.2) is 163 Å². The number of hydrogen-bond acceptors (Lipinski definition) is 15. The summed E-state index contributed by atoms with van der Waals surface area (Å²) >= 11 is 0. The molecule has 5 aromatic rings. The number of para-hydroxylation sites is 1. The fraction of sp³-hybridized carbons (Fsp3) is 0.571. The summed E-state index contributed by atoms with van der Waals surface area (Å²) in [6.45, 7) is 9.64. The van der Waals surface area contributed by atoms with Crippen LogP contribution in [0.2, 0.25) is 0 Å². The maximum absolute atomic E-state index is 13.8. The fourth-order valence-electron chi connectivity index (χ4n) is 9.51. The lowest BCUT2D eigenvalue weighted by Crippen LogP contribution is -2.49. The average molecular weight is 989 g/mol. The number of imidazole rings is 1. The Balaban J connectivity index is 0.683. The zero-order chi connectivity index (χ0) is 49.0. The monoisotopic (exact) mass is 988 g/mol. The van der Waals surface area contributed by atoms with E-state index in [-0.39, 0.29) is 41.5 Å². The lowest BCUT2D eigenvalue weighted by atomic mass is 9.93. The van der Waals surface area contributed by atoms with Gasteiger partial charge in [-0.2, -0.15) is 9.29 Å². The van der Waals surface area contributed by atoms with E-state index in [4.69, 9.17) is 23.9 Å². The Bertz CT molecular complexity index is 2710. The van der Waals surface area contributed by atoms with Crippen LogP contribution in [0.3, 0.4) is 0 Å². The first-order valence-corrected chi connectivity index (χ1v) is 26.2. The lowest BCUT2D eigenvalue weighted by molar-refractivity contribution is -0.135. The number of nitrogens with zero attached hydrogens (tertiary/aromatic N) is 7. The van der Waals surface area contributed by atoms with Crippen LogP contribution in [0.5, 0.6) is 0 Å². The predicted molar refractivity (Wildman–Crippen MR) is 265 cm³/mol. The number of fused-ring (bicyclic) bond motifs is 2. The van der Waals surface area contributed by atoms with Crippen molar-refractivity contribution < 1.29 is 42.1 Å². The van der Waals surface area contributed by atoms with Gasteiger partial charge in [0.1, 0.15) is 11.7 Å². The number of carbonyl (C=O) groups excluding carboxylic acids is 2. The molecule has 3 aliphatic rings. The van der Waals surface area contributed by atoms with Crippen molar-refractivity contribution >= 4 is 55.5 Å². The van der Waals surface area contributed by atoms with Crippen LogP contribution in [0.4, 0.5) is 11.6 Å². The van der Waals surface area contributed by atoms with E-state index in [2.05, 4.69) is 43.5 Å². The Morgan fingerprint density at radius 1 is 0.814 bits per heavy atom. The third-order valence-electron chi connectivity index (χ3n) is 13.4. The Morgan fingerprint density at radius 3 is 2.19 bits per heavy atom. The first kappa shape index (κ1) is 51.1. The summed E-state index contributed by atoms with van der Waals surface area (Å²) in [4.78, 5) is 49.3. The molecule has 20 nitrogen and oxygen atoms in total. The molecule has 1 unspecified atom stereocenters. The van der Waals surface area contributed by atoms with Gasteiger partial charge in [-0.15, -0.1) is 0 Å². The van der Waals surface area contributed by atoms with Gasteiger partial charge in [-0.1, -0.05) is 31.5 Å². The number of nitrogens with one attached hydrogen (secondary N) is 3. The number of hydrogen-bond donors (Lipinski definition) is 4. The van der Waals surface area contributed by atoms with Crippen molar-refractivity contribution in [3.63, 3.8) is 0 Å². The molecule has 8 rings (SSSR count). The Kier molecular flexibility index (Phi) is 17.7. The quantitative estimate of drug-likeness (QED) is 0.0481. The van der Waals surface area contributed by atoms with Crippen LogP contribution in [0, 0.1) is 0 Å². The molecule has 1 saturated carbocycles. The van der Waals surface area contributed by atoms with Gasteiger partial charge in [-0.25, -0.2) is 18.2 Å². The van der Waals surface area contributed by atoms with Crippen molar-refractivity contribution in [3.05, 3.63) is 65.3 Å². The molecule has 0 bridgehead atoms. The number of piperazine rings is 1. The van der Waals surface area contributed by atoms with Crippen LogP contribution in [0.15, 0.2) is 64.5 Å². The Morgan fingerprint density at radius 2 is 1.50 bits per heavy atom. The highest BCUT2D eigenvalue weighted by Crippen LogP contribution is 2.37. The van der Waals surface area contributed by atoms with Crippen LogP contribution in [0.25, 0.3) is 33.2 Å². The Hall–Kier alpha value is -5.26. The van der Waals surface area contributed by atoms with Gasteiger partial charge < -0.3 is 39.3 Å². The number of rotatable bonds is 25. The predicted octanol–water partition coefficient (Wildman–Crippen LogP) is 3.90. The van der Waals surface area contributed by atoms with E-state index < -0.39 is 22.0 Å². The number of carbonyl (C=O) groups is 2. The Labute approximate surface area is 408 Å². The molecule has 2 amide bonds. The first-order chi connectivity index (χ1) is 34.0. The minimum absolute atomic E-state index is 0.183. The number of imide groups is 1. The highest BCUT2D eigenvalue weighted by atomic mass is 32.2. The molecule has 21 heteroatoms. The summed E-state index contributed by atoms with van der Waals surface area (Å²) in [6.07, 6.45) is 9.49. The van der Waals surface area contributed by atoms with Gasteiger partial charge in [0.2, 0.25) is 27.8 Å². The highest BCUT2D eigenvalue weighted by molar-refractivity contribution is 7.89. The van der Waals surface area contributed by atoms with Gasteiger partial charge in [-0.3, -0.25) is 28.9 Å². The number of benzene rings is 2. The molecule has 2 aliphatic heterocycles. The van der Waals surface area contributed by atoms with E-state index in [9.17, 15) is 27.9 Å². The standard InChI is InChI=1S/C49H68N10O10S/c1-3-4-18-51-48-52-33-39-40(34-58(46(39)54-48)36-10-12-37(60)13-11-36)35-8-14-38(15-9-35)70(64,65)57-22-20-56(21-23-57)24-26-67-28-30-69-32-31-68-29-27-66-25-19-50-41-6-5-7-42-45(41)55(2)49(63)59(42)43-16-17-44(61)53-47(43)62/h5-9,14-15,33-34,36-37,43,50,60H,3-4,10-13,16-32H2,1-2H3,(H,51,52,54)(H,53,61,62)/t36-,37-,43?. The van der Waals surface area contributed by atoms with Crippen LogP contribution >= 0.6 is 0 Å². The zero-order valence-corrected chi connectivity index (χ0v) is 41.2. The summed E-state index contributed by atoms with van der Waals surface area (Å²) in [5, 5.41) is 20.1. The molecule has 3 fully saturated rings. The maximum atomic E-state index is 13.8. The normalized spacial score (nSPS) is 19.6. The first-order valence-electron chi connectivity index (χ1n) is 24.7. The molecule has 5 heterocycles. The summed E-state index contributed by atoms with van der Waals surface area (Å²) in [5.41, 5.74) is 4.41. The molecule has 70 heavy (non-hydrogen) atoms. The summed E-state index contributed by atoms with van der Waals surface area (Å²) in [5.74, 6) is -0.202. The zero-order valence-electron chi connectivity index (χ0n) is 40.4. The number of aromatic nitrogens is 5. The van der Waals surface area contributed by atoms with Gasteiger partial charge in [0.05, 0.1) is 80.6 Å². The molecule has 0 radical (unpaired) electrons. The number of unbranched alkanes of at least 4 members (excludes halogenated alkanes) is 1. The van der Waals surface area contributed by atoms with Crippen molar-refractivity contribution in [1.82, 2.24) is 38.2 Å². The minimum atomic E-state index is -3.68.